The van der Waals surface area contributed by atoms with Crippen LogP contribution in [-0.2, 0) is 0 Å². The van der Waals surface area contributed by atoms with Gasteiger partial charge in [-0.15, -0.1) is 0 Å². The Labute approximate surface area is 107 Å². The lowest BCUT2D eigenvalue weighted by atomic mass is 9.92. The molecule has 2 unspecified atom stereocenters. The fraction of sp³-hybridized carbons (Fsp3) is 0.500. The second-order valence-electron chi connectivity index (χ2n) is 5.54. The maximum Gasteiger partial charge on any atom is 0.0672 e. The van der Waals surface area contributed by atoms with Gasteiger partial charge in [0.25, 0.3) is 0 Å². The molecular weight excluding hydrogens is 224 g/mol. The molecule has 1 aliphatic rings. The van der Waals surface area contributed by atoms with Crippen LogP contribution in [0.4, 0.5) is 11.4 Å². The first kappa shape index (κ1) is 11.4. The molecule has 0 aliphatic carbocycles. The number of H-pyrrole nitrogens is 1. The highest BCUT2D eigenvalue weighted by atomic mass is 15.2. The van der Waals surface area contributed by atoms with Crippen LogP contribution in [0.15, 0.2) is 18.3 Å². The first-order chi connectivity index (χ1) is 8.65. The number of aromatic amines is 1. The van der Waals surface area contributed by atoms with Crippen LogP contribution < -0.4 is 10.6 Å². The molecule has 1 saturated heterocycles. The van der Waals surface area contributed by atoms with E-state index in [1.54, 1.807) is 0 Å². The molecule has 1 aromatic carbocycles. The van der Waals surface area contributed by atoms with Crippen molar-refractivity contribution in [2.24, 2.45) is 5.92 Å². The zero-order valence-corrected chi connectivity index (χ0v) is 11.0. The van der Waals surface area contributed by atoms with Crippen LogP contribution in [-0.4, -0.2) is 22.8 Å². The van der Waals surface area contributed by atoms with Gasteiger partial charge < -0.3 is 10.6 Å². The van der Waals surface area contributed by atoms with E-state index in [-0.39, 0.29) is 0 Å². The molecule has 2 heterocycles. The largest absolute Gasteiger partial charge is 0.397 e. The molecule has 0 saturated carbocycles. The Morgan fingerprint density at radius 1 is 1.39 bits per heavy atom. The number of hydrogen-bond acceptors (Lipinski definition) is 3. The Morgan fingerprint density at radius 2 is 2.22 bits per heavy atom. The number of hydrogen-bond donors (Lipinski definition) is 2. The van der Waals surface area contributed by atoms with Crippen LogP contribution in [0.3, 0.4) is 0 Å². The second-order valence-corrected chi connectivity index (χ2v) is 5.54. The number of nitrogens with zero attached hydrogens (tertiary/aromatic N) is 2. The molecule has 0 radical (unpaired) electrons. The van der Waals surface area contributed by atoms with E-state index in [1.807, 2.05) is 12.3 Å². The molecule has 3 rings (SSSR count). The topological polar surface area (TPSA) is 57.9 Å². The van der Waals surface area contributed by atoms with E-state index in [2.05, 4.69) is 35.0 Å². The first-order valence-corrected chi connectivity index (χ1v) is 6.64. The second kappa shape index (κ2) is 4.19. The molecular formula is C14H20N4. The molecule has 18 heavy (non-hydrogen) atoms. The third kappa shape index (κ3) is 1.82. The minimum absolute atomic E-state index is 0.552. The van der Waals surface area contributed by atoms with E-state index in [4.69, 9.17) is 5.73 Å². The predicted molar refractivity (Wildman–Crippen MR) is 75.7 cm³/mol. The van der Waals surface area contributed by atoms with E-state index < -0.39 is 0 Å². The lowest BCUT2D eigenvalue weighted by Crippen LogP contribution is -2.40. The summed E-state index contributed by atoms with van der Waals surface area (Å²) in [5, 5.41) is 8.16. The van der Waals surface area contributed by atoms with E-state index >= 15 is 0 Å². The van der Waals surface area contributed by atoms with Crippen LogP contribution in [0.1, 0.15) is 26.7 Å². The highest BCUT2D eigenvalue weighted by molar-refractivity contribution is 5.89. The molecule has 96 valence electrons. The third-order valence-corrected chi connectivity index (χ3v) is 4.04. The quantitative estimate of drug-likeness (QED) is 0.758. The summed E-state index contributed by atoms with van der Waals surface area (Å²) in [6, 6.07) is 4.69. The lowest BCUT2D eigenvalue weighted by molar-refractivity contribution is 0.378. The van der Waals surface area contributed by atoms with Gasteiger partial charge in [-0.2, -0.15) is 5.10 Å². The summed E-state index contributed by atoms with van der Waals surface area (Å²) in [6.07, 6.45) is 4.29. The molecule has 1 aromatic heterocycles. The van der Waals surface area contributed by atoms with Crippen molar-refractivity contribution in [1.29, 1.82) is 0 Å². The van der Waals surface area contributed by atoms with Gasteiger partial charge in [0.15, 0.2) is 0 Å². The normalized spacial score (nSPS) is 24.7. The standard InChI is InChI=1S/C14H20N4/c1-9-3-4-18(10(2)5-9)14-7-13-11(6-12(14)15)8-16-17-13/h6-10H,3-5,15H2,1-2H3,(H,16,17). The van der Waals surface area contributed by atoms with Gasteiger partial charge in [0.05, 0.1) is 23.1 Å². The number of nitrogen functional groups attached to an aromatic ring is 1. The minimum Gasteiger partial charge on any atom is -0.397 e. The summed E-state index contributed by atoms with van der Waals surface area (Å²) in [5.41, 5.74) is 9.25. The van der Waals surface area contributed by atoms with E-state index in [9.17, 15) is 0 Å². The van der Waals surface area contributed by atoms with Crippen molar-refractivity contribution >= 4 is 22.3 Å². The minimum atomic E-state index is 0.552. The fourth-order valence-electron chi connectivity index (χ4n) is 3.01. The molecule has 4 heteroatoms. The van der Waals surface area contributed by atoms with Crippen LogP contribution in [0.5, 0.6) is 0 Å². The van der Waals surface area contributed by atoms with Crippen LogP contribution in [0.2, 0.25) is 0 Å². The molecule has 2 atom stereocenters. The maximum atomic E-state index is 6.19. The summed E-state index contributed by atoms with van der Waals surface area (Å²) in [5.74, 6) is 0.813. The van der Waals surface area contributed by atoms with Gasteiger partial charge in [0.1, 0.15) is 0 Å². The van der Waals surface area contributed by atoms with Crippen LogP contribution in [0.25, 0.3) is 10.9 Å². The van der Waals surface area contributed by atoms with Crippen LogP contribution in [0, 0.1) is 5.92 Å². The van der Waals surface area contributed by atoms with Gasteiger partial charge in [-0.25, -0.2) is 0 Å². The SMILES string of the molecule is CC1CCN(c2cc3[nH]ncc3cc2N)C(C)C1. The molecule has 2 aromatic rings. The van der Waals surface area contributed by atoms with Crippen molar-refractivity contribution in [3.63, 3.8) is 0 Å². The third-order valence-electron chi connectivity index (χ3n) is 4.04. The molecule has 1 fully saturated rings. The molecule has 1 aliphatic heterocycles. The average molecular weight is 244 g/mol. The number of aromatic nitrogens is 2. The fourth-order valence-corrected chi connectivity index (χ4v) is 3.01. The van der Waals surface area contributed by atoms with Gasteiger partial charge >= 0.3 is 0 Å². The predicted octanol–water partition coefficient (Wildman–Crippen LogP) is 2.77. The highest BCUT2D eigenvalue weighted by Gasteiger charge is 2.24. The zero-order valence-electron chi connectivity index (χ0n) is 11.0. The average Bonchev–Trinajstić information content (AvgIpc) is 2.75. The van der Waals surface area contributed by atoms with Crippen molar-refractivity contribution in [2.45, 2.75) is 32.7 Å². The Balaban J connectivity index is 2.00. The van der Waals surface area contributed by atoms with Crippen molar-refractivity contribution < 1.29 is 0 Å². The van der Waals surface area contributed by atoms with Gasteiger partial charge in [-0.05, 0) is 37.8 Å². The Bertz CT molecular complexity index is 560. The van der Waals surface area contributed by atoms with Crippen molar-refractivity contribution in [3.05, 3.63) is 18.3 Å². The number of anilines is 2. The summed E-state index contributed by atoms with van der Waals surface area (Å²) >= 11 is 0. The number of nitrogens with one attached hydrogen (secondary N) is 1. The number of benzene rings is 1. The first-order valence-electron chi connectivity index (χ1n) is 6.64. The van der Waals surface area contributed by atoms with Crippen molar-refractivity contribution in [3.8, 4) is 0 Å². The van der Waals surface area contributed by atoms with E-state index in [0.717, 1.165) is 34.7 Å². The summed E-state index contributed by atoms with van der Waals surface area (Å²) in [4.78, 5) is 2.43. The number of rotatable bonds is 1. The molecule has 0 spiro atoms. The Hall–Kier alpha value is -1.71. The number of nitrogens with two attached hydrogens (primary N) is 1. The van der Waals surface area contributed by atoms with Gasteiger partial charge in [-0.1, -0.05) is 6.92 Å². The summed E-state index contributed by atoms with van der Waals surface area (Å²) < 4.78 is 0. The summed E-state index contributed by atoms with van der Waals surface area (Å²) in [6.45, 7) is 5.70. The molecule has 3 N–H and O–H groups in total. The van der Waals surface area contributed by atoms with Gasteiger partial charge in [0, 0.05) is 18.0 Å². The monoisotopic (exact) mass is 244 g/mol. The number of fused-ring (bicyclic) bond motifs is 1. The molecule has 0 amide bonds. The maximum absolute atomic E-state index is 6.19. The van der Waals surface area contributed by atoms with E-state index in [0.29, 0.717) is 6.04 Å². The lowest BCUT2D eigenvalue weighted by Gasteiger charge is -2.38. The molecule has 0 bridgehead atoms. The van der Waals surface area contributed by atoms with Gasteiger partial charge in [0.2, 0.25) is 0 Å². The summed E-state index contributed by atoms with van der Waals surface area (Å²) in [7, 11) is 0. The van der Waals surface area contributed by atoms with Gasteiger partial charge in [-0.3, -0.25) is 5.10 Å². The van der Waals surface area contributed by atoms with Crippen molar-refractivity contribution in [2.75, 3.05) is 17.2 Å². The smallest absolute Gasteiger partial charge is 0.0672 e. The van der Waals surface area contributed by atoms with Crippen LogP contribution >= 0.6 is 0 Å². The highest BCUT2D eigenvalue weighted by Crippen LogP contribution is 2.33. The Kier molecular flexibility index (Phi) is 2.65. The van der Waals surface area contributed by atoms with Crippen molar-refractivity contribution in [1.82, 2.24) is 10.2 Å². The molecule has 4 nitrogen and oxygen atoms in total. The zero-order chi connectivity index (χ0) is 12.7. The van der Waals surface area contributed by atoms with E-state index in [1.165, 1.54) is 12.8 Å². The Morgan fingerprint density at radius 3 is 3.00 bits per heavy atom. The number of piperidine rings is 1.